The molecule has 0 aliphatic heterocycles. The highest BCUT2D eigenvalue weighted by Gasteiger charge is 2.17. The Morgan fingerprint density at radius 3 is 2.69 bits per heavy atom. The molecular weight excluding hydrogens is 394 g/mol. The van der Waals surface area contributed by atoms with Crippen LogP contribution in [0.4, 0.5) is 0 Å². The molecule has 2 N–H and O–H groups in total. The van der Waals surface area contributed by atoms with Crippen LogP contribution in [0.2, 0.25) is 0 Å². The molecule has 0 bridgehead atoms. The zero-order valence-electron chi connectivity index (χ0n) is 16.2. The fourth-order valence-corrected chi connectivity index (χ4v) is 3.52. The van der Waals surface area contributed by atoms with Gasteiger partial charge in [-0.2, -0.15) is 13.0 Å². The van der Waals surface area contributed by atoms with E-state index in [9.17, 15) is 13.2 Å². The Hall–Kier alpha value is -2.78. The van der Waals surface area contributed by atoms with E-state index in [4.69, 9.17) is 14.3 Å². The Bertz CT molecular complexity index is 1130. The van der Waals surface area contributed by atoms with E-state index in [-0.39, 0.29) is 18.9 Å². The number of benzene rings is 2. The van der Waals surface area contributed by atoms with Crippen molar-refractivity contribution in [1.82, 2.24) is 10.3 Å². The third-order valence-electron chi connectivity index (χ3n) is 4.48. The summed E-state index contributed by atoms with van der Waals surface area (Å²) in [4.78, 5) is 16.5. The molecule has 0 aliphatic carbocycles. The maximum atomic E-state index is 11.7. The number of amides is 1. The van der Waals surface area contributed by atoms with Crippen molar-refractivity contribution in [3.63, 3.8) is 0 Å². The molecule has 3 rings (SSSR count). The summed E-state index contributed by atoms with van der Waals surface area (Å²) in [7, 11) is -4.07. The van der Waals surface area contributed by atoms with Crippen molar-refractivity contribution in [2.45, 2.75) is 26.3 Å². The SMILES string of the molecule is CC[n+]1c2ccccc2nc2c(OCCCC(=O)NCCS(=O)(=O)O)cccc21. The summed E-state index contributed by atoms with van der Waals surface area (Å²) in [5.41, 5.74) is 3.69. The van der Waals surface area contributed by atoms with Gasteiger partial charge in [-0.1, -0.05) is 18.2 Å². The van der Waals surface area contributed by atoms with Crippen LogP contribution in [0.1, 0.15) is 19.8 Å². The smallest absolute Gasteiger partial charge is 0.266 e. The number of ether oxygens (including phenoxy) is 1. The lowest BCUT2D eigenvalue weighted by atomic mass is 10.2. The normalized spacial score (nSPS) is 11.7. The zero-order valence-corrected chi connectivity index (χ0v) is 17.0. The molecule has 3 aromatic rings. The number of hydrogen-bond acceptors (Lipinski definition) is 5. The minimum absolute atomic E-state index is 0.115. The third-order valence-corrected chi connectivity index (χ3v) is 5.20. The fraction of sp³-hybridized carbons (Fsp3) is 0.350. The summed E-state index contributed by atoms with van der Waals surface area (Å²) >= 11 is 0. The largest absolute Gasteiger partial charge is 0.491 e. The third kappa shape index (κ3) is 5.39. The number of aryl methyl sites for hydroxylation is 1. The number of para-hydroxylation sites is 3. The van der Waals surface area contributed by atoms with Gasteiger partial charge >= 0.3 is 0 Å². The first kappa shape index (κ1) is 20.9. The molecule has 1 aromatic heterocycles. The quantitative estimate of drug-likeness (QED) is 0.238. The van der Waals surface area contributed by atoms with Gasteiger partial charge in [-0.15, -0.1) is 0 Å². The molecule has 0 saturated carbocycles. The van der Waals surface area contributed by atoms with E-state index in [1.165, 1.54) is 0 Å². The highest BCUT2D eigenvalue weighted by Crippen LogP contribution is 2.24. The summed E-state index contributed by atoms with van der Waals surface area (Å²) < 4.78 is 38.0. The number of aromatic nitrogens is 2. The highest BCUT2D eigenvalue weighted by molar-refractivity contribution is 7.85. The van der Waals surface area contributed by atoms with Crippen molar-refractivity contribution >= 4 is 38.1 Å². The maximum Gasteiger partial charge on any atom is 0.266 e. The van der Waals surface area contributed by atoms with E-state index < -0.39 is 15.9 Å². The summed E-state index contributed by atoms with van der Waals surface area (Å²) in [6, 6.07) is 13.7. The van der Waals surface area contributed by atoms with Gasteiger partial charge < -0.3 is 10.1 Å². The summed E-state index contributed by atoms with van der Waals surface area (Å²) in [6.07, 6.45) is 0.664. The van der Waals surface area contributed by atoms with Gasteiger partial charge in [-0.25, -0.2) is 4.98 Å². The van der Waals surface area contributed by atoms with Gasteiger partial charge in [0.05, 0.1) is 12.4 Å². The van der Waals surface area contributed by atoms with Crippen LogP contribution in [0.3, 0.4) is 0 Å². The number of carbonyl (C=O) groups is 1. The summed E-state index contributed by atoms with van der Waals surface area (Å²) in [6.45, 7) is 3.09. The van der Waals surface area contributed by atoms with Crippen LogP contribution in [0.15, 0.2) is 42.5 Å². The first-order valence-electron chi connectivity index (χ1n) is 9.45. The lowest BCUT2D eigenvalue weighted by Crippen LogP contribution is -2.34. The van der Waals surface area contributed by atoms with E-state index >= 15 is 0 Å². The summed E-state index contributed by atoms with van der Waals surface area (Å²) in [5.74, 6) is -0.132. The highest BCUT2D eigenvalue weighted by atomic mass is 32.2. The van der Waals surface area contributed by atoms with Crippen LogP contribution >= 0.6 is 0 Å². The molecule has 1 heterocycles. The van der Waals surface area contributed by atoms with Crippen molar-refractivity contribution < 1.29 is 27.1 Å². The predicted octanol–water partition coefficient (Wildman–Crippen LogP) is 1.86. The second-order valence-electron chi connectivity index (χ2n) is 6.56. The van der Waals surface area contributed by atoms with Crippen LogP contribution in [0, 0.1) is 0 Å². The minimum Gasteiger partial charge on any atom is -0.491 e. The maximum absolute atomic E-state index is 11.7. The molecule has 154 valence electrons. The lowest BCUT2D eigenvalue weighted by Gasteiger charge is -2.09. The van der Waals surface area contributed by atoms with Crippen molar-refractivity contribution in [2.24, 2.45) is 0 Å². The van der Waals surface area contributed by atoms with Crippen molar-refractivity contribution in [3.8, 4) is 5.75 Å². The molecule has 1 amide bonds. The number of hydrogen-bond donors (Lipinski definition) is 2. The van der Waals surface area contributed by atoms with Crippen LogP contribution < -0.4 is 14.6 Å². The second kappa shape index (κ2) is 9.15. The minimum atomic E-state index is -4.07. The number of fused-ring (bicyclic) bond motifs is 2. The molecule has 0 spiro atoms. The average molecular weight is 418 g/mol. The summed E-state index contributed by atoms with van der Waals surface area (Å²) in [5, 5.41) is 2.45. The molecule has 0 fully saturated rings. The van der Waals surface area contributed by atoms with E-state index in [1.54, 1.807) is 0 Å². The van der Waals surface area contributed by atoms with E-state index in [0.29, 0.717) is 18.8 Å². The molecule has 0 atom stereocenters. The van der Waals surface area contributed by atoms with Gasteiger partial charge in [-0.3, -0.25) is 9.35 Å². The molecular formula is C20H24N3O5S+. The van der Waals surface area contributed by atoms with Gasteiger partial charge in [0.25, 0.3) is 10.1 Å². The monoisotopic (exact) mass is 418 g/mol. The molecule has 0 unspecified atom stereocenters. The number of nitrogens with zero attached hydrogens (tertiary/aromatic N) is 2. The topological polar surface area (TPSA) is 109 Å². The van der Waals surface area contributed by atoms with Crippen molar-refractivity contribution in [3.05, 3.63) is 42.5 Å². The molecule has 29 heavy (non-hydrogen) atoms. The number of rotatable bonds is 9. The van der Waals surface area contributed by atoms with E-state index in [1.807, 2.05) is 42.5 Å². The number of carbonyl (C=O) groups excluding carboxylic acids is 1. The Labute approximate surface area is 169 Å². The Morgan fingerprint density at radius 1 is 1.17 bits per heavy atom. The predicted molar refractivity (Wildman–Crippen MR) is 109 cm³/mol. The Balaban J connectivity index is 1.65. The molecule has 9 heteroatoms. The van der Waals surface area contributed by atoms with E-state index in [0.717, 1.165) is 28.6 Å². The van der Waals surface area contributed by atoms with Gasteiger partial charge in [0.2, 0.25) is 16.9 Å². The van der Waals surface area contributed by atoms with Crippen molar-refractivity contribution in [2.75, 3.05) is 18.9 Å². The second-order valence-corrected chi connectivity index (χ2v) is 8.13. The Morgan fingerprint density at radius 2 is 1.93 bits per heavy atom. The lowest BCUT2D eigenvalue weighted by molar-refractivity contribution is -0.641. The van der Waals surface area contributed by atoms with Crippen LogP contribution in [-0.4, -0.2) is 42.8 Å². The fourth-order valence-electron chi connectivity index (χ4n) is 3.16. The Kier molecular flexibility index (Phi) is 6.60. The van der Waals surface area contributed by atoms with Crippen LogP contribution in [0.5, 0.6) is 5.75 Å². The zero-order chi connectivity index (χ0) is 20.9. The molecule has 0 saturated heterocycles. The van der Waals surface area contributed by atoms with Gasteiger partial charge in [0.15, 0.2) is 11.3 Å². The van der Waals surface area contributed by atoms with Gasteiger partial charge in [-0.05, 0) is 25.5 Å². The van der Waals surface area contributed by atoms with Crippen LogP contribution in [0.25, 0.3) is 22.1 Å². The molecule has 0 aliphatic rings. The first-order valence-corrected chi connectivity index (χ1v) is 11.1. The average Bonchev–Trinajstić information content (AvgIpc) is 2.68. The number of nitrogens with one attached hydrogen (secondary N) is 1. The molecule has 0 radical (unpaired) electrons. The first-order chi connectivity index (χ1) is 13.9. The van der Waals surface area contributed by atoms with Gasteiger partial charge in [0, 0.05) is 25.1 Å². The van der Waals surface area contributed by atoms with Gasteiger partial charge in [0.1, 0.15) is 12.1 Å². The van der Waals surface area contributed by atoms with E-state index in [2.05, 4.69) is 16.8 Å². The van der Waals surface area contributed by atoms with Crippen LogP contribution in [-0.2, 0) is 21.5 Å². The standard InChI is InChI=1S/C20H23N3O5S/c1-2-23-16-8-4-3-7-15(16)22-20-17(23)9-5-10-18(20)28-13-6-11-19(24)21-12-14-29(25,26)27/h3-5,7-10H,2,6,11-14H2,1H3,(H-,21,24,25,26,27)/p+1. The molecule has 2 aromatic carbocycles. The van der Waals surface area contributed by atoms with Crippen molar-refractivity contribution in [1.29, 1.82) is 0 Å². The molecule has 8 nitrogen and oxygen atoms in total.